The molecule has 92 valence electrons. The molecule has 1 aromatic rings. The number of halogens is 1. The van der Waals surface area contributed by atoms with Crippen molar-refractivity contribution in [3.05, 3.63) is 28.8 Å². The van der Waals surface area contributed by atoms with Gasteiger partial charge in [0, 0.05) is 12.1 Å². The van der Waals surface area contributed by atoms with Gasteiger partial charge in [0.2, 0.25) is 0 Å². The molecule has 1 aromatic carbocycles. The highest BCUT2D eigenvalue weighted by Crippen LogP contribution is 2.33. The van der Waals surface area contributed by atoms with E-state index in [0.717, 1.165) is 18.5 Å². The van der Waals surface area contributed by atoms with E-state index in [2.05, 4.69) is 18.7 Å². The molecule has 0 N–H and O–H groups in total. The summed E-state index contributed by atoms with van der Waals surface area (Å²) in [6.45, 7) is 6.44. The number of anilines is 1. The van der Waals surface area contributed by atoms with Crippen LogP contribution in [0.2, 0.25) is 5.02 Å². The molecule has 0 aromatic heterocycles. The minimum absolute atomic E-state index is 0.0788. The molecule has 1 fully saturated rings. The maximum Gasteiger partial charge on any atom is 0.150 e. The van der Waals surface area contributed by atoms with Crippen molar-refractivity contribution in [1.82, 2.24) is 0 Å². The molecule has 0 saturated carbocycles. The standard InChI is InChI=1S/C13H16ClNO2/c1-13(2)9-17-6-5-15(13)12-4-3-10(8-16)7-11(12)14/h3-4,7-8H,5-6,9H2,1-2H3. The molecule has 4 heteroatoms. The summed E-state index contributed by atoms with van der Waals surface area (Å²) in [5.74, 6) is 0. The number of morpholine rings is 1. The lowest BCUT2D eigenvalue weighted by atomic mass is 10.0. The summed E-state index contributed by atoms with van der Waals surface area (Å²) >= 11 is 6.23. The number of carbonyl (C=O) groups is 1. The Morgan fingerprint density at radius 2 is 2.24 bits per heavy atom. The minimum atomic E-state index is -0.0788. The van der Waals surface area contributed by atoms with E-state index in [4.69, 9.17) is 16.3 Å². The predicted octanol–water partition coefficient (Wildman–Crippen LogP) is 2.77. The van der Waals surface area contributed by atoms with E-state index < -0.39 is 0 Å². The highest BCUT2D eigenvalue weighted by molar-refractivity contribution is 6.33. The molecule has 1 aliphatic heterocycles. The van der Waals surface area contributed by atoms with Gasteiger partial charge in [0.05, 0.1) is 29.5 Å². The van der Waals surface area contributed by atoms with E-state index >= 15 is 0 Å². The SMILES string of the molecule is CC1(C)COCCN1c1ccc(C=O)cc1Cl. The molecule has 1 aliphatic rings. The Hall–Kier alpha value is -1.06. The van der Waals surface area contributed by atoms with E-state index in [1.165, 1.54) is 0 Å². The number of rotatable bonds is 2. The van der Waals surface area contributed by atoms with Gasteiger partial charge in [-0.05, 0) is 32.0 Å². The third-order valence-electron chi connectivity index (χ3n) is 3.04. The first-order valence-electron chi connectivity index (χ1n) is 5.65. The molecule has 1 saturated heterocycles. The summed E-state index contributed by atoms with van der Waals surface area (Å²) in [6, 6.07) is 5.40. The maximum absolute atomic E-state index is 10.7. The highest BCUT2D eigenvalue weighted by Gasteiger charge is 2.31. The Kier molecular flexibility index (Phi) is 3.40. The Balaban J connectivity index is 2.35. The molecule has 1 heterocycles. The van der Waals surface area contributed by atoms with Crippen molar-refractivity contribution >= 4 is 23.6 Å². The predicted molar refractivity (Wildman–Crippen MR) is 69.1 cm³/mol. The lowest BCUT2D eigenvalue weighted by Crippen LogP contribution is -2.53. The minimum Gasteiger partial charge on any atom is -0.377 e. The molecule has 0 aliphatic carbocycles. The van der Waals surface area contributed by atoms with Gasteiger partial charge >= 0.3 is 0 Å². The molecular weight excluding hydrogens is 238 g/mol. The summed E-state index contributed by atoms with van der Waals surface area (Å²) in [6.07, 6.45) is 0.806. The maximum atomic E-state index is 10.7. The second kappa shape index (κ2) is 4.67. The number of benzene rings is 1. The van der Waals surface area contributed by atoms with Gasteiger partial charge in [-0.15, -0.1) is 0 Å². The number of nitrogens with zero attached hydrogens (tertiary/aromatic N) is 1. The molecule has 0 amide bonds. The Morgan fingerprint density at radius 1 is 1.47 bits per heavy atom. The summed E-state index contributed by atoms with van der Waals surface area (Å²) in [5, 5.41) is 0.615. The second-order valence-electron chi connectivity index (χ2n) is 4.85. The van der Waals surface area contributed by atoms with Crippen LogP contribution >= 0.6 is 11.6 Å². The van der Waals surface area contributed by atoms with Gasteiger partial charge in [-0.3, -0.25) is 4.79 Å². The molecule has 17 heavy (non-hydrogen) atoms. The van der Waals surface area contributed by atoms with Gasteiger partial charge in [0.1, 0.15) is 6.29 Å². The first-order valence-corrected chi connectivity index (χ1v) is 6.02. The largest absolute Gasteiger partial charge is 0.377 e. The van der Waals surface area contributed by atoms with Crippen LogP contribution in [0.4, 0.5) is 5.69 Å². The number of hydrogen-bond acceptors (Lipinski definition) is 3. The Morgan fingerprint density at radius 3 is 2.82 bits per heavy atom. The van der Waals surface area contributed by atoms with E-state index in [1.807, 2.05) is 6.07 Å². The van der Waals surface area contributed by atoms with Crippen LogP contribution in [0.25, 0.3) is 0 Å². The number of hydrogen-bond donors (Lipinski definition) is 0. The third-order valence-corrected chi connectivity index (χ3v) is 3.35. The summed E-state index contributed by atoms with van der Waals surface area (Å²) < 4.78 is 5.48. The van der Waals surface area contributed by atoms with Crippen molar-refractivity contribution < 1.29 is 9.53 Å². The molecular formula is C13H16ClNO2. The van der Waals surface area contributed by atoms with E-state index in [9.17, 15) is 4.79 Å². The van der Waals surface area contributed by atoms with Gasteiger partial charge in [-0.2, -0.15) is 0 Å². The first-order chi connectivity index (χ1) is 8.04. The Labute approximate surface area is 106 Å². The fourth-order valence-corrected chi connectivity index (χ4v) is 2.41. The molecule has 2 rings (SSSR count). The van der Waals surface area contributed by atoms with Crippen molar-refractivity contribution in [2.75, 3.05) is 24.7 Å². The van der Waals surface area contributed by atoms with Gasteiger partial charge in [-0.1, -0.05) is 11.6 Å². The smallest absolute Gasteiger partial charge is 0.150 e. The zero-order valence-electron chi connectivity index (χ0n) is 10.1. The van der Waals surface area contributed by atoms with Gasteiger partial charge in [-0.25, -0.2) is 0 Å². The van der Waals surface area contributed by atoms with Crippen LogP contribution in [0.15, 0.2) is 18.2 Å². The average Bonchev–Trinajstić information content (AvgIpc) is 2.29. The average molecular weight is 254 g/mol. The van der Waals surface area contributed by atoms with E-state index in [1.54, 1.807) is 12.1 Å². The molecule has 0 spiro atoms. The highest BCUT2D eigenvalue weighted by atomic mass is 35.5. The van der Waals surface area contributed by atoms with Crippen LogP contribution in [-0.2, 0) is 4.74 Å². The van der Waals surface area contributed by atoms with Crippen LogP contribution in [-0.4, -0.2) is 31.6 Å². The molecule has 0 radical (unpaired) electrons. The Bertz CT molecular complexity index is 431. The lowest BCUT2D eigenvalue weighted by molar-refractivity contribution is 0.0644. The summed E-state index contributed by atoms with van der Waals surface area (Å²) in [4.78, 5) is 12.9. The van der Waals surface area contributed by atoms with Crippen molar-refractivity contribution in [1.29, 1.82) is 0 Å². The first kappa shape index (κ1) is 12.4. The number of carbonyl (C=O) groups excluding carboxylic acids is 1. The summed E-state index contributed by atoms with van der Waals surface area (Å²) in [5.41, 5.74) is 1.49. The number of ether oxygens (including phenoxy) is 1. The van der Waals surface area contributed by atoms with Crippen molar-refractivity contribution in [2.24, 2.45) is 0 Å². The van der Waals surface area contributed by atoms with E-state index in [0.29, 0.717) is 23.8 Å². The van der Waals surface area contributed by atoms with Crippen molar-refractivity contribution in [3.8, 4) is 0 Å². The topological polar surface area (TPSA) is 29.5 Å². The lowest BCUT2D eigenvalue weighted by Gasteiger charge is -2.44. The molecule has 3 nitrogen and oxygen atoms in total. The zero-order valence-corrected chi connectivity index (χ0v) is 10.8. The second-order valence-corrected chi connectivity index (χ2v) is 5.25. The van der Waals surface area contributed by atoms with Crippen LogP contribution in [0.5, 0.6) is 0 Å². The fourth-order valence-electron chi connectivity index (χ4n) is 2.12. The van der Waals surface area contributed by atoms with E-state index in [-0.39, 0.29) is 5.54 Å². The summed E-state index contributed by atoms with van der Waals surface area (Å²) in [7, 11) is 0. The fraction of sp³-hybridized carbons (Fsp3) is 0.462. The quantitative estimate of drug-likeness (QED) is 0.759. The van der Waals surface area contributed by atoms with Gasteiger partial charge < -0.3 is 9.64 Å². The van der Waals surface area contributed by atoms with Gasteiger partial charge in [0.15, 0.2) is 0 Å². The molecule has 0 unspecified atom stereocenters. The van der Waals surface area contributed by atoms with Crippen LogP contribution in [0, 0.1) is 0 Å². The van der Waals surface area contributed by atoms with Gasteiger partial charge in [0.25, 0.3) is 0 Å². The van der Waals surface area contributed by atoms with Crippen molar-refractivity contribution in [2.45, 2.75) is 19.4 Å². The van der Waals surface area contributed by atoms with Crippen LogP contribution < -0.4 is 4.90 Å². The number of aldehydes is 1. The van der Waals surface area contributed by atoms with Crippen molar-refractivity contribution in [3.63, 3.8) is 0 Å². The molecule has 0 bridgehead atoms. The van der Waals surface area contributed by atoms with Crippen LogP contribution in [0.1, 0.15) is 24.2 Å². The normalized spacial score (nSPS) is 19.1. The molecule has 0 atom stereocenters. The zero-order chi connectivity index (χ0) is 12.5. The third kappa shape index (κ3) is 2.45. The monoisotopic (exact) mass is 253 g/mol. The van der Waals surface area contributed by atoms with Crippen LogP contribution in [0.3, 0.4) is 0 Å².